The Bertz CT molecular complexity index is 349. The average molecular weight is 284 g/mol. The van der Waals surface area contributed by atoms with Crippen LogP contribution in [-0.4, -0.2) is 20.5 Å². The highest BCUT2D eigenvalue weighted by Gasteiger charge is 2.13. The first-order valence-corrected chi connectivity index (χ1v) is 8.45. The minimum atomic E-state index is 0.376. The molecule has 0 fully saturated rings. The Hall–Kier alpha value is -0.550. The molecular formula is C14H28N4S. The highest BCUT2D eigenvalue weighted by atomic mass is 32.2. The number of thioether (sulfide) groups is 1. The van der Waals surface area contributed by atoms with E-state index in [2.05, 4.69) is 35.5 Å². The van der Waals surface area contributed by atoms with E-state index in [9.17, 15) is 0 Å². The molecule has 1 heterocycles. The van der Waals surface area contributed by atoms with Crippen molar-refractivity contribution >= 4 is 11.8 Å². The molecule has 0 saturated heterocycles. The molecule has 110 valence electrons. The first-order valence-electron chi connectivity index (χ1n) is 7.47. The molecule has 0 aliphatic heterocycles. The molecule has 5 heteroatoms. The molecule has 1 aromatic heterocycles. The van der Waals surface area contributed by atoms with Crippen molar-refractivity contribution in [1.29, 1.82) is 0 Å². The fourth-order valence-electron chi connectivity index (χ4n) is 2.11. The fourth-order valence-corrected chi connectivity index (χ4v) is 3.19. The Labute approximate surface area is 121 Å². The molecule has 0 bridgehead atoms. The van der Waals surface area contributed by atoms with E-state index >= 15 is 0 Å². The van der Waals surface area contributed by atoms with Gasteiger partial charge in [-0.2, -0.15) is 0 Å². The van der Waals surface area contributed by atoms with E-state index in [0.29, 0.717) is 12.6 Å². The lowest BCUT2D eigenvalue weighted by atomic mass is 10.1. The smallest absolute Gasteiger partial charge is 0.191 e. The lowest BCUT2D eigenvalue weighted by Gasteiger charge is -2.12. The number of hydrogen-bond donors (Lipinski definition) is 1. The van der Waals surface area contributed by atoms with Crippen LogP contribution in [0.5, 0.6) is 0 Å². The van der Waals surface area contributed by atoms with Crippen LogP contribution < -0.4 is 5.73 Å². The summed E-state index contributed by atoms with van der Waals surface area (Å²) in [6, 6.07) is 0.376. The molecule has 0 atom stereocenters. The quantitative estimate of drug-likeness (QED) is 0.525. The highest BCUT2D eigenvalue weighted by molar-refractivity contribution is 7.99. The molecule has 4 nitrogen and oxygen atoms in total. The van der Waals surface area contributed by atoms with Crippen LogP contribution in [0, 0.1) is 0 Å². The minimum absolute atomic E-state index is 0.376. The van der Waals surface area contributed by atoms with E-state index < -0.39 is 0 Å². The van der Waals surface area contributed by atoms with Crippen LogP contribution in [0.4, 0.5) is 0 Å². The molecule has 0 amide bonds. The van der Waals surface area contributed by atoms with E-state index in [1.807, 2.05) is 11.8 Å². The van der Waals surface area contributed by atoms with Gasteiger partial charge in [-0.3, -0.25) is 0 Å². The standard InChI is InChI=1S/C14H28N4S/c1-4-5-6-7-8-9-10-19-14-17-16-13(11-15)18(14)12(2)3/h12H,4-11,15H2,1-3H3. The van der Waals surface area contributed by atoms with Gasteiger partial charge in [-0.25, -0.2) is 0 Å². The summed E-state index contributed by atoms with van der Waals surface area (Å²) < 4.78 is 2.15. The monoisotopic (exact) mass is 284 g/mol. The summed E-state index contributed by atoms with van der Waals surface area (Å²) in [6.07, 6.45) is 8.01. The van der Waals surface area contributed by atoms with Crippen LogP contribution >= 0.6 is 11.8 Å². The van der Waals surface area contributed by atoms with Crippen LogP contribution in [0.25, 0.3) is 0 Å². The first-order chi connectivity index (χ1) is 9.20. The van der Waals surface area contributed by atoms with Gasteiger partial charge in [-0.05, 0) is 20.3 Å². The topological polar surface area (TPSA) is 56.7 Å². The number of nitrogens with zero attached hydrogens (tertiary/aromatic N) is 3. The predicted octanol–water partition coefficient (Wildman–Crippen LogP) is 3.77. The third-order valence-electron chi connectivity index (χ3n) is 3.16. The second kappa shape index (κ2) is 9.37. The molecule has 0 aromatic carbocycles. The number of aromatic nitrogens is 3. The second-order valence-corrected chi connectivity index (χ2v) is 6.24. The maximum atomic E-state index is 5.69. The van der Waals surface area contributed by atoms with E-state index in [4.69, 9.17) is 5.73 Å². The van der Waals surface area contributed by atoms with Crippen molar-refractivity contribution in [3.63, 3.8) is 0 Å². The lowest BCUT2D eigenvalue weighted by molar-refractivity contribution is 0.526. The largest absolute Gasteiger partial charge is 0.324 e. The van der Waals surface area contributed by atoms with Crippen molar-refractivity contribution in [2.75, 3.05) is 5.75 Å². The van der Waals surface area contributed by atoms with E-state index in [0.717, 1.165) is 16.7 Å². The van der Waals surface area contributed by atoms with Gasteiger partial charge >= 0.3 is 0 Å². The lowest BCUT2D eigenvalue weighted by Crippen LogP contribution is -2.11. The minimum Gasteiger partial charge on any atom is -0.324 e. The number of hydrogen-bond acceptors (Lipinski definition) is 4. The van der Waals surface area contributed by atoms with Gasteiger partial charge in [0.05, 0.1) is 6.54 Å². The van der Waals surface area contributed by atoms with Crippen LogP contribution in [0.1, 0.15) is 71.2 Å². The summed E-state index contributed by atoms with van der Waals surface area (Å²) in [4.78, 5) is 0. The van der Waals surface area contributed by atoms with Gasteiger partial charge in [0.25, 0.3) is 0 Å². The summed E-state index contributed by atoms with van der Waals surface area (Å²) in [6.45, 7) is 7.01. The summed E-state index contributed by atoms with van der Waals surface area (Å²) in [5, 5.41) is 9.43. The molecule has 0 aliphatic rings. The molecule has 0 radical (unpaired) electrons. The molecule has 0 spiro atoms. The van der Waals surface area contributed by atoms with E-state index in [1.54, 1.807) is 0 Å². The number of nitrogens with two attached hydrogens (primary N) is 1. The third kappa shape index (κ3) is 5.53. The SMILES string of the molecule is CCCCCCCCSc1nnc(CN)n1C(C)C. The van der Waals surface area contributed by atoms with Gasteiger partial charge in [-0.1, -0.05) is 50.8 Å². The van der Waals surface area contributed by atoms with Gasteiger partial charge in [0, 0.05) is 11.8 Å². The first kappa shape index (κ1) is 16.5. The average Bonchev–Trinajstić information content (AvgIpc) is 2.81. The Morgan fingerprint density at radius 3 is 2.42 bits per heavy atom. The Morgan fingerprint density at radius 2 is 1.79 bits per heavy atom. The van der Waals surface area contributed by atoms with Crippen molar-refractivity contribution in [3.05, 3.63) is 5.82 Å². The zero-order chi connectivity index (χ0) is 14.1. The van der Waals surface area contributed by atoms with Gasteiger partial charge < -0.3 is 10.3 Å². The number of unbranched alkanes of at least 4 members (excludes halogenated alkanes) is 5. The molecule has 0 saturated carbocycles. The summed E-state index contributed by atoms with van der Waals surface area (Å²) in [5.74, 6) is 2.02. The van der Waals surface area contributed by atoms with Gasteiger partial charge in [0.1, 0.15) is 5.82 Å². The molecular weight excluding hydrogens is 256 g/mol. The Balaban J connectivity index is 2.31. The zero-order valence-corrected chi connectivity index (χ0v) is 13.4. The maximum absolute atomic E-state index is 5.69. The Morgan fingerprint density at radius 1 is 1.11 bits per heavy atom. The van der Waals surface area contributed by atoms with Crippen LogP contribution in [0.3, 0.4) is 0 Å². The molecule has 2 N–H and O–H groups in total. The van der Waals surface area contributed by atoms with Crippen LogP contribution in [0.15, 0.2) is 5.16 Å². The zero-order valence-electron chi connectivity index (χ0n) is 12.6. The summed E-state index contributed by atoms with van der Waals surface area (Å²) >= 11 is 1.81. The Kier molecular flexibility index (Phi) is 8.14. The summed E-state index contributed by atoms with van der Waals surface area (Å²) in [7, 11) is 0. The number of rotatable bonds is 10. The van der Waals surface area contributed by atoms with Crippen molar-refractivity contribution < 1.29 is 0 Å². The van der Waals surface area contributed by atoms with E-state index in [-0.39, 0.29) is 0 Å². The normalized spacial score (nSPS) is 11.4. The maximum Gasteiger partial charge on any atom is 0.191 e. The van der Waals surface area contributed by atoms with Crippen molar-refractivity contribution in [2.45, 2.75) is 77.0 Å². The predicted molar refractivity (Wildman–Crippen MR) is 82.4 cm³/mol. The van der Waals surface area contributed by atoms with Crippen LogP contribution in [-0.2, 0) is 6.54 Å². The summed E-state index contributed by atoms with van der Waals surface area (Å²) in [5.41, 5.74) is 5.69. The molecule has 1 rings (SSSR count). The van der Waals surface area contributed by atoms with E-state index in [1.165, 1.54) is 38.5 Å². The second-order valence-electron chi connectivity index (χ2n) is 5.18. The molecule has 0 unspecified atom stereocenters. The van der Waals surface area contributed by atoms with Gasteiger partial charge in [0.2, 0.25) is 0 Å². The van der Waals surface area contributed by atoms with Crippen molar-refractivity contribution in [2.24, 2.45) is 5.73 Å². The highest BCUT2D eigenvalue weighted by Crippen LogP contribution is 2.22. The van der Waals surface area contributed by atoms with Crippen molar-refractivity contribution in [1.82, 2.24) is 14.8 Å². The molecule has 1 aromatic rings. The van der Waals surface area contributed by atoms with Crippen molar-refractivity contribution in [3.8, 4) is 0 Å². The molecule has 0 aliphatic carbocycles. The van der Waals surface area contributed by atoms with Gasteiger partial charge in [-0.15, -0.1) is 10.2 Å². The fraction of sp³-hybridized carbons (Fsp3) is 0.857. The van der Waals surface area contributed by atoms with Gasteiger partial charge in [0.15, 0.2) is 5.16 Å². The third-order valence-corrected chi connectivity index (χ3v) is 4.19. The van der Waals surface area contributed by atoms with Crippen LogP contribution in [0.2, 0.25) is 0 Å². The molecule has 19 heavy (non-hydrogen) atoms.